The summed E-state index contributed by atoms with van der Waals surface area (Å²) in [4.78, 5) is 12.4. The van der Waals surface area contributed by atoms with Crippen molar-refractivity contribution in [3.8, 4) is 11.3 Å². The van der Waals surface area contributed by atoms with E-state index in [1.165, 1.54) is 0 Å². The summed E-state index contributed by atoms with van der Waals surface area (Å²) in [5, 5.41) is 4.78. The van der Waals surface area contributed by atoms with Crippen molar-refractivity contribution in [3.05, 3.63) is 41.6 Å². The smallest absolute Gasteiger partial charge is 0.166 e. The number of nitrogens with zero attached hydrogens (tertiary/aromatic N) is 2. The lowest BCUT2D eigenvalue weighted by molar-refractivity contribution is 0.0971. The summed E-state index contributed by atoms with van der Waals surface area (Å²) in [5.41, 5.74) is 3.72. The van der Waals surface area contributed by atoms with E-state index in [1.807, 2.05) is 35.0 Å². The first-order chi connectivity index (χ1) is 9.48. The quantitative estimate of drug-likeness (QED) is 0.788. The van der Waals surface area contributed by atoms with Crippen molar-refractivity contribution in [2.24, 2.45) is 0 Å². The van der Waals surface area contributed by atoms with Gasteiger partial charge in [0.05, 0.1) is 16.8 Å². The molecule has 0 radical (unpaired) electrons. The van der Waals surface area contributed by atoms with E-state index in [0.29, 0.717) is 6.42 Å². The first kappa shape index (κ1) is 13.1. The van der Waals surface area contributed by atoms with Crippen molar-refractivity contribution in [1.82, 2.24) is 9.78 Å². The van der Waals surface area contributed by atoms with Gasteiger partial charge in [-0.25, -0.2) is 0 Å². The molecule has 1 aromatic heterocycles. The van der Waals surface area contributed by atoms with Crippen LogP contribution in [0.25, 0.3) is 11.3 Å². The van der Waals surface area contributed by atoms with E-state index < -0.39 is 0 Å². The van der Waals surface area contributed by atoms with Crippen LogP contribution in [0.4, 0.5) is 0 Å². The Morgan fingerprint density at radius 2 is 1.80 bits per heavy atom. The zero-order valence-corrected chi connectivity index (χ0v) is 12.3. The number of carbonyl (C=O) groups is 1. The van der Waals surface area contributed by atoms with Gasteiger partial charge in [0.25, 0.3) is 0 Å². The van der Waals surface area contributed by atoms with Gasteiger partial charge < -0.3 is 0 Å². The van der Waals surface area contributed by atoms with E-state index in [9.17, 15) is 4.79 Å². The average molecular weight is 268 g/mol. The van der Waals surface area contributed by atoms with E-state index in [0.717, 1.165) is 35.4 Å². The normalized spacial score (nSPS) is 15.2. The molecule has 0 atom stereocenters. The maximum Gasteiger partial charge on any atom is 0.166 e. The average Bonchev–Trinajstić information content (AvgIpc) is 2.81. The highest BCUT2D eigenvalue weighted by molar-refractivity contribution is 6.03. The highest BCUT2D eigenvalue weighted by Gasteiger charge is 2.31. The zero-order valence-electron chi connectivity index (χ0n) is 12.3. The zero-order chi connectivity index (χ0) is 14.3. The summed E-state index contributed by atoms with van der Waals surface area (Å²) in [7, 11) is 0. The lowest BCUT2D eigenvalue weighted by Gasteiger charge is -2.24. The van der Waals surface area contributed by atoms with Gasteiger partial charge in [0, 0.05) is 12.0 Å². The molecule has 1 heterocycles. The molecular formula is C17H20N2O. The van der Waals surface area contributed by atoms with Gasteiger partial charge in [-0.2, -0.15) is 5.10 Å². The fourth-order valence-corrected chi connectivity index (χ4v) is 2.87. The van der Waals surface area contributed by atoms with Crippen LogP contribution in [0, 0.1) is 0 Å². The van der Waals surface area contributed by atoms with Gasteiger partial charge in [0.2, 0.25) is 0 Å². The summed E-state index contributed by atoms with van der Waals surface area (Å²) in [6.45, 7) is 6.40. The number of benzene rings is 1. The number of fused-ring (bicyclic) bond motifs is 1. The molecular weight excluding hydrogens is 248 g/mol. The second kappa shape index (κ2) is 4.58. The van der Waals surface area contributed by atoms with Crippen LogP contribution >= 0.6 is 0 Å². The summed E-state index contributed by atoms with van der Waals surface area (Å²) in [5.74, 6) is 0.237. The molecule has 0 bridgehead atoms. The largest absolute Gasteiger partial charge is 0.294 e. The molecule has 3 rings (SSSR count). The summed E-state index contributed by atoms with van der Waals surface area (Å²) >= 11 is 0. The van der Waals surface area contributed by atoms with Crippen molar-refractivity contribution in [3.63, 3.8) is 0 Å². The molecule has 3 heteroatoms. The second-order valence-corrected chi connectivity index (χ2v) is 6.40. The van der Waals surface area contributed by atoms with Crippen LogP contribution in [0.1, 0.15) is 49.7 Å². The Morgan fingerprint density at radius 3 is 2.45 bits per heavy atom. The third kappa shape index (κ3) is 2.07. The topological polar surface area (TPSA) is 34.9 Å². The Bertz CT molecular complexity index is 648. The predicted octanol–water partition coefficient (Wildman–Crippen LogP) is 3.82. The van der Waals surface area contributed by atoms with Crippen molar-refractivity contribution in [1.29, 1.82) is 0 Å². The molecule has 20 heavy (non-hydrogen) atoms. The van der Waals surface area contributed by atoms with Crippen LogP contribution in [-0.2, 0) is 12.0 Å². The van der Waals surface area contributed by atoms with E-state index >= 15 is 0 Å². The standard InChI is InChI=1S/C17H20N2O/c1-17(2,3)19-13-10-7-11-14(20)15(13)16(18-19)12-8-5-4-6-9-12/h4-6,8-9H,7,10-11H2,1-3H3. The maximum atomic E-state index is 12.4. The number of hydrogen-bond acceptors (Lipinski definition) is 2. The number of rotatable bonds is 1. The molecule has 3 nitrogen and oxygen atoms in total. The van der Waals surface area contributed by atoms with Crippen LogP contribution < -0.4 is 0 Å². The van der Waals surface area contributed by atoms with Crippen LogP contribution in [0.15, 0.2) is 30.3 Å². The van der Waals surface area contributed by atoms with Gasteiger partial charge in [0.1, 0.15) is 5.69 Å². The number of Topliss-reactive ketones (excluding diaryl/α,β-unsaturated/α-hetero) is 1. The highest BCUT2D eigenvalue weighted by Crippen LogP contribution is 2.33. The minimum absolute atomic E-state index is 0.102. The number of hydrogen-bond donors (Lipinski definition) is 0. The monoisotopic (exact) mass is 268 g/mol. The van der Waals surface area contributed by atoms with Gasteiger partial charge >= 0.3 is 0 Å². The lowest BCUT2D eigenvalue weighted by atomic mass is 9.92. The molecule has 104 valence electrons. The Morgan fingerprint density at radius 1 is 1.10 bits per heavy atom. The SMILES string of the molecule is CC(C)(C)n1nc(-c2ccccc2)c2c1CCCC2=O. The third-order valence-electron chi connectivity index (χ3n) is 3.76. The van der Waals surface area contributed by atoms with Gasteiger partial charge in [-0.3, -0.25) is 9.48 Å². The molecule has 1 aliphatic carbocycles. The fraction of sp³-hybridized carbons (Fsp3) is 0.412. The molecule has 0 spiro atoms. The first-order valence-corrected chi connectivity index (χ1v) is 7.19. The van der Waals surface area contributed by atoms with Crippen molar-refractivity contribution in [2.45, 2.75) is 45.6 Å². The molecule has 0 fully saturated rings. The molecule has 0 N–H and O–H groups in total. The Kier molecular flexibility index (Phi) is 3.00. The third-order valence-corrected chi connectivity index (χ3v) is 3.76. The van der Waals surface area contributed by atoms with Crippen molar-refractivity contribution < 1.29 is 4.79 Å². The van der Waals surface area contributed by atoms with E-state index in [-0.39, 0.29) is 11.3 Å². The molecule has 0 saturated carbocycles. The van der Waals surface area contributed by atoms with Gasteiger partial charge in [-0.05, 0) is 33.6 Å². The highest BCUT2D eigenvalue weighted by atomic mass is 16.1. The number of carbonyl (C=O) groups excluding carboxylic acids is 1. The molecule has 1 aromatic carbocycles. The fourth-order valence-electron chi connectivity index (χ4n) is 2.87. The second-order valence-electron chi connectivity index (χ2n) is 6.40. The Hall–Kier alpha value is -1.90. The van der Waals surface area contributed by atoms with Crippen LogP contribution in [0.2, 0.25) is 0 Å². The molecule has 0 unspecified atom stereocenters. The Labute approximate surface area is 119 Å². The van der Waals surface area contributed by atoms with Crippen molar-refractivity contribution in [2.75, 3.05) is 0 Å². The summed E-state index contributed by atoms with van der Waals surface area (Å²) in [6.07, 6.45) is 2.52. The minimum atomic E-state index is -0.102. The van der Waals surface area contributed by atoms with Crippen molar-refractivity contribution >= 4 is 5.78 Å². The number of aromatic nitrogens is 2. The van der Waals surface area contributed by atoms with Gasteiger partial charge in [-0.1, -0.05) is 30.3 Å². The van der Waals surface area contributed by atoms with E-state index in [1.54, 1.807) is 0 Å². The van der Waals surface area contributed by atoms with Crippen LogP contribution in [0.3, 0.4) is 0 Å². The maximum absolute atomic E-state index is 12.4. The first-order valence-electron chi connectivity index (χ1n) is 7.19. The van der Waals surface area contributed by atoms with E-state index in [2.05, 4.69) is 20.8 Å². The van der Waals surface area contributed by atoms with Crippen LogP contribution in [-0.4, -0.2) is 15.6 Å². The summed E-state index contributed by atoms with van der Waals surface area (Å²) in [6, 6.07) is 10.0. The Balaban J connectivity index is 2.26. The molecule has 0 amide bonds. The lowest BCUT2D eigenvalue weighted by Crippen LogP contribution is -2.27. The van der Waals surface area contributed by atoms with Gasteiger partial charge in [-0.15, -0.1) is 0 Å². The minimum Gasteiger partial charge on any atom is -0.294 e. The molecule has 0 aliphatic heterocycles. The summed E-state index contributed by atoms with van der Waals surface area (Å²) < 4.78 is 2.04. The van der Waals surface area contributed by atoms with Gasteiger partial charge in [0.15, 0.2) is 5.78 Å². The molecule has 2 aromatic rings. The van der Waals surface area contributed by atoms with E-state index in [4.69, 9.17) is 5.10 Å². The number of ketones is 1. The predicted molar refractivity (Wildman–Crippen MR) is 79.9 cm³/mol. The van der Waals surface area contributed by atoms with Crippen LogP contribution in [0.5, 0.6) is 0 Å². The molecule has 1 aliphatic rings. The molecule has 0 saturated heterocycles.